The zero-order valence-corrected chi connectivity index (χ0v) is 9.19. The highest BCUT2D eigenvalue weighted by Gasteiger charge is 1.92. The summed E-state index contributed by atoms with van der Waals surface area (Å²) in [5, 5.41) is 4.44. The third-order valence-electron chi connectivity index (χ3n) is 1.57. The Balaban J connectivity index is 2.32. The first-order valence-corrected chi connectivity index (χ1v) is 5.32. The molecule has 2 nitrogen and oxygen atoms in total. The summed E-state index contributed by atoms with van der Waals surface area (Å²) >= 11 is 1.72. The fourth-order valence-electron chi connectivity index (χ4n) is 0.934. The number of aryl methyl sites for hydroxylation is 1. The highest BCUT2D eigenvalue weighted by Crippen LogP contribution is 2.12. The third-order valence-corrected chi connectivity index (χ3v) is 2.44. The lowest BCUT2D eigenvalue weighted by molar-refractivity contribution is 0.633. The summed E-state index contributed by atoms with van der Waals surface area (Å²) in [4.78, 5) is 5.40. The minimum absolute atomic E-state index is 0.549. The maximum absolute atomic E-state index is 4.18. The molecule has 0 saturated heterocycles. The highest BCUT2D eigenvalue weighted by molar-refractivity contribution is 7.12. The molecule has 0 unspecified atom stereocenters. The van der Waals surface area contributed by atoms with Crippen LogP contribution in [0, 0.1) is 6.92 Å². The van der Waals surface area contributed by atoms with E-state index in [1.165, 1.54) is 4.88 Å². The first kappa shape index (κ1) is 10.4. The van der Waals surface area contributed by atoms with Crippen LogP contribution in [-0.2, 0) is 0 Å². The van der Waals surface area contributed by atoms with Gasteiger partial charge in [-0.15, -0.1) is 11.3 Å². The second-order valence-corrected chi connectivity index (χ2v) is 4.51. The van der Waals surface area contributed by atoms with Crippen molar-refractivity contribution in [3.05, 3.63) is 22.2 Å². The van der Waals surface area contributed by atoms with Crippen LogP contribution < -0.4 is 5.32 Å². The molecule has 0 amide bonds. The lowest BCUT2D eigenvalue weighted by Gasteiger charge is -2.02. The van der Waals surface area contributed by atoms with E-state index < -0.39 is 0 Å². The van der Waals surface area contributed by atoms with Crippen molar-refractivity contribution >= 4 is 17.4 Å². The van der Waals surface area contributed by atoms with Crippen LogP contribution in [0.15, 0.2) is 12.3 Å². The van der Waals surface area contributed by atoms with Crippen molar-refractivity contribution in [3.63, 3.8) is 0 Å². The van der Waals surface area contributed by atoms with Crippen LogP contribution in [0.3, 0.4) is 0 Å². The van der Waals surface area contributed by atoms with Crippen LogP contribution in [0.4, 0.5) is 0 Å². The molecule has 0 saturated carbocycles. The Morgan fingerprint density at radius 1 is 1.62 bits per heavy atom. The van der Waals surface area contributed by atoms with Crippen LogP contribution in [0.1, 0.15) is 23.7 Å². The van der Waals surface area contributed by atoms with Gasteiger partial charge >= 0.3 is 0 Å². The Morgan fingerprint density at radius 2 is 2.38 bits per heavy atom. The van der Waals surface area contributed by atoms with Crippen LogP contribution >= 0.6 is 11.3 Å². The summed E-state index contributed by atoms with van der Waals surface area (Å²) < 4.78 is 0. The fraction of sp³-hybridized carbons (Fsp3) is 0.500. The van der Waals surface area contributed by atoms with Gasteiger partial charge in [-0.3, -0.25) is 0 Å². The summed E-state index contributed by atoms with van der Waals surface area (Å²) in [6.07, 6.45) is 6.15. The Hall–Kier alpha value is -0.670. The van der Waals surface area contributed by atoms with Gasteiger partial charge in [-0.05, 0) is 13.0 Å². The van der Waals surface area contributed by atoms with Gasteiger partial charge in [-0.25, -0.2) is 4.98 Å². The molecule has 72 valence electrons. The second kappa shape index (κ2) is 5.14. The highest BCUT2D eigenvalue weighted by atomic mass is 32.1. The molecule has 1 heterocycles. The van der Waals surface area contributed by atoms with E-state index in [0.717, 1.165) is 11.6 Å². The maximum atomic E-state index is 4.18. The standard InChI is InChI=1S/C10H16N2S/c1-8(2)11-6-4-5-10-7-12-9(3)13-10/h4-5,7-8,11H,6H2,1-3H3. The Kier molecular flexibility index (Phi) is 4.12. The van der Waals surface area contributed by atoms with E-state index in [1.54, 1.807) is 11.3 Å². The van der Waals surface area contributed by atoms with E-state index in [2.05, 4.69) is 36.3 Å². The fourth-order valence-corrected chi connectivity index (χ4v) is 1.65. The van der Waals surface area contributed by atoms with Crippen LogP contribution in [-0.4, -0.2) is 17.6 Å². The van der Waals surface area contributed by atoms with Crippen LogP contribution in [0.5, 0.6) is 0 Å². The predicted octanol–water partition coefficient (Wildman–Crippen LogP) is 2.46. The predicted molar refractivity (Wildman–Crippen MR) is 59.0 cm³/mol. The number of nitrogens with one attached hydrogen (secondary N) is 1. The Morgan fingerprint density at radius 3 is 2.92 bits per heavy atom. The smallest absolute Gasteiger partial charge is 0.0900 e. The van der Waals surface area contributed by atoms with E-state index in [-0.39, 0.29) is 0 Å². The first-order valence-electron chi connectivity index (χ1n) is 4.51. The lowest BCUT2D eigenvalue weighted by atomic mass is 10.4. The minimum Gasteiger partial charge on any atom is -0.311 e. The number of hydrogen-bond acceptors (Lipinski definition) is 3. The van der Waals surface area contributed by atoms with Crippen molar-refractivity contribution < 1.29 is 0 Å². The summed E-state index contributed by atoms with van der Waals surface area (Å²) in [5.74, 6) is 0. The lowest BCUT2D eigenvalue weighted by Crippen LogP contribution is -2.22. The van der Waals surface area contributed by atoms with Gasteiger partial charge < -0.3 is 5.32 Å². The van der Waals surface area contributed by atoms with E-state index in [4.69, 9.17) is 0 Å². The van der Waals surface area contributed by atoms with Gasteiger partial charge in [0.1, 0.15) is 0 Å². The number of aromatic nitrogens is 1. The monoisotopic (exact) mass is 196 g/mol. The zero-order chi connectivity index (χ0) is 9.68. The molecule has 1 N–H and O–H groups in total. The second-order valence-electron chi connectivity index (χ2n) is 3.25. The van der Waals surface area contributed by atoms with Crippen molar-refractivity contribution in [1.82, 2.24) is 10.3 Å². The molecule has 0 aliphatic carbocycles. The summed E-state index contributed by atoms with van der Waals surface area (Å²) in [7, 11) is 0. The molecule has 0 radical (unpaired) electrons. The molecule has 0 atom stereocenters. The molecular weight excluding hydrogens is 180 g/mol. The SMILES string of the molecule is Cc1ncc(C=CCNC(C)C)s1. The molecule has 1 aromatic rings. The number of thiazole rings is 1. The van der Waals surface area contributed by atoms with Crippen molar-refractivity contribution in [2.45, 2.75) is 26.8 Å². The van der Waals surface area contributed by atoms with Gasteiger partial charge in [0.2, 0.25) is 0 Å². The van der Waals surface area contributed by atoms with Crippen LogP contribution in [0.2, 0.25) is 0 Å². The van der Waals surface area contributed by atoms with Gasteiger partial charge in [0.15, 0.2) is 0 Å². The van der Waals surface area contributed by atoms with E-state index in [9.17, 15) is 0 Å². The molecule has 0 spiro atoms. The molecule has 0 bridgehead atoms. The Bertz CT molecular complexity index is 276. The third kappa shape index (κ3) is 4.20. The molecule has 1 aromatic heterocycles. The molecule has 13 heavy (non-hydrogen) atoms. The molecule has 0 aliphatic heterocycles. The van der Waals surface area contributed by atoms with Crippen molar-refractivity contribution in [1.29, 1.82) is 0 Å². The molecule has 0 fully saturated rings. The Labute approximate surface area is 83.7 Å². The first-order chi connectivity index (χ1) is 6.18. The maximum Gasteiger partial charge on any atom is 0.0900 e. The van der Waals surface area contributed by atoms with Gasteiger partial charge in [0.25, 0.3) is 0 Å². The van der Waals surface area contributed by atoms with E-state index in [0.29, 0.717) is 6.04 Å². The van der Waals surface area contributed by atoms with Gasteiger partial charge in [0, 0.05) is 23.7 Å². The largest absolute Gasteiger partial charge is 0.311 e. The van der Waals surface area contributed by atoms with E-state index in [1.807, 2.05) is 13.1 Å². The zero-order valence-electron chi connectivity index (χ0n) is 8.37. The van der Waals surface area contributed by atoms with Gasteiger partial charge in [0.05, 0.1) is 5.01 Å². The van der Waals surface area contributed by atoms with Crippen molar-refractivity contribution in [3.8, 4) is 0 Å². The minimum atomic E-state index is 0.549. The summed E-state index contributed by atoms with van der Waals surface area (Å²) in [6, 6.07) is 0.549. The molecule has 1 rings (SSSR count). The average Bonchev–Trinajstić information content (AvgIpc) is 2.45. The normalized spacial score (nSPS) is 11.7. The van der Waals surface area contributed by atoms with Crippen molar-refractivity contribution in [2.75, 3.05) is 6.54 Å². The number of rotatable bonds is 4. The summed E-state index contributed by atoms with van der Waals surface area (Å²) in [5.41, 5.74) is 0. The van der Waals surface area contributed by atoms with Gasteiger partial charge in [-0.1, -0.05) is 19.9 Å². The van der Waals surface area contributed by atoms with Crippen molar-refractivity contribution in [2.24, 2.45) is 0 Å². The quantitative estimate of drug-likeness (QED) is 0.800. The van der Waals surface area contributed by atoms with Crippen LogP contribution in [0.25, 0.3) is 6.08 Å². The summed E-state index contributed by atoms with van der Waals surface area (Å²) in [6.45, 7) is 7.23. The molecule has 0 aliphatic rings. The van der Waals surface area contributed by atoms with Gasteiger partial charge in [-0.2, -0.15) is 0 Å². The average molecular weight is 196 g/mol. The number of hydrogen-bond donors (Lipinski definition) is 1. The molecule has 0 aromatic carbocycles. The molecule has 3 heteroatoms. The van der Waals surface area contributed by atoms with E-state index >= 15 is 0 Å². The topological polar surface area (TPSA) is 24.9 Å². The number of nitrogens with zero attached hydrogens (tertiary/aromatic N) is 1. The molecular formula is C10H16N2S.